The Kier molecular flexibility index (Phi) is 8.12. The second-order valence-corrected chi connectivity index (χ2v) is 17.5. The molecular weight excluding hydrogens is 781 g/mol. The zero-order valence-electron chi connectivity index (χ0n) is 34.2. The standard InChI is InChI=1S/C60H38N2S/c1-3-11-39(12-4-1)45-27-33-49-50-34-28-46(40-13-5-2-6-14-40)38-57(50)62(56(49)37-45)48-31-25-44(26-32-48)42-21-19-41(20-22-42)43-23-29-47(30-24-43)61-54-17-9-7-16-53(54)59-55(61)36-35-52-51-15-8-10-18-58(51)63-60(52)59/h1-38H. The van der Waals surface area contributed by atoms with Gasteiger partial charge in [-0.2, -0.15) is 0 Å². The summed E-state index contributed by atoms with van der Waals surface area (Å²) in [7, 11) is 0. The largest absolute Gasteiger partial charge is 0.309 e. The minimum absolute atomic E-state index is 1.14. The van der Waals surface area contributed by atoms with Crippen molar-refractivity contribution in [2.24, 2.45) is 0 Å². The van der Waals surface area contributed by atoms with E-state index in [2.05, 4.69) is 240 Å². The van der Waals surface area contributed by atoms with E-state index in [0.717, 1.165) is 11.4 Å². The highest BCUT2D eigenvalue weighted by Gasteiger charge is 2.18. The molecule has 3 aromatic heterocycles. The number of hydrogen-bond acceptors (Lipinski definition) is 1. The second kappa shape index (κ2) is 14.3. The molecule has 3 heteroatoms. The minimum atomic E-state index is 1.14. The monoisotopic (exact) mass is 818 g/mol. The molecule has 0 saturated heterocycles. The van der Waals surface area contributed by atoms with E-state index in [4.69, 9.17) is 0 Å². The highest BCUT2D eigenvalue weighted by atomic mass is 32.1. The summed E-state index contributed by atoms with van der Waals surface area (Å²) in [5, 5.41) is 7.79. The number of para-hydroxylation sites is 1. The van der Waals surface area contributed by atoms with Gasteiger partial charge < -0.3 is 9.13 Å². The lowest BCUT2D eigenvalue weighted by Crippen LogP contribution is -1.94. The van der Waals surface area contributed by atoms with Crippen LogP contribution in [-0.4, -0.2) is 9.13 Å². The Morgan fingerprint density at radius 2 is 0.667 bits per heavy atom. The Labute approximate surface area is 368 Å². The topological polar surface area (TPSA) is 9.86 Å². The summed E-state index contributed by atoms with van der Waals surface area (Å²) in [6.07, 6.45) is 0. The lowest BCUT2D eigenvalue weighted by Gasteiger charge is -2.12. The first-order chi connectivity index (χ1) is 31.2. The van der Waals surface area contributed by atoms with Crippen molar-refractivity contribution in [2.75, 3.05) is 0 Å². The molecule has 13 rings (SSSR count). The smallest absolute Gasteiger partial charge is 0.0555 e. The van der Waals surface area contributed by atoms with E-state index in [1.165, 1.54) is 108 Å². The first-order valence-electron chi connectivity index (χ1n) is 21.6. The minimum Gasteiger partial charge on any atom is -0.309 e. The molecule has 13 aromatic rings. The number of nitrogens with zero attached hydrogens (tertiary/aromatic N) is 2. The predicted octanol–water partition coefficient (Wildman–Crippen LogP) is 16.9. The first-order valence-corrected chi connectivity index (χ1v) is 22.4. The predicted molar refractivity (Wildman–Crippen MR) is 270 cm³/mol. The molecule has 0 amide bonds. The summed E-state index contributed by atoms with van der Waals surface area (Å²) in [5.74, 6) is 0. The van der Waals surface area contributed by atoms with E-state index >= 15 is 0 Å². The number of hydrogen-bond donors (Lipinski definition) is 0. The van der Waals surface area contributed by atoms with Gasteiger partial charge in [0.25, 0.3) is 0 Å². The van der Waals surface area contributed by atoms with E-state index in [9.17, 15) is 0 Å². The van der Waals surface area contributed by atoms with Crippen molar-refractivity contribution in [3.05, 3.63) is 231 Å². The van der Waals surface area contributed by atoms with Gasteiger partial charge in [-0.15, -0.1) is 11.3 Å². The van der Waals surface area contributed by atoms with Gasteiger partial charge in [0, 0.05) is 53.1 Å². The van der Waals surface area contributed by atoms with Crippen molar-refractivity contribution >= 4 is 75.1 Å². The maximum Gasteiger partial charge on any atom is 0.0555 e. The molecule has 0 fully saturated rings. The van der Waals surface area contributed by atoms with Gasteiger partial charge in [-0.05, 0) is 99.1 Å². The van der Waals surface area contributed by atoms with Gasteiger partial charge in [-0.1, -0.05) is 176 Å². The number of aromatic nitrogens is 2. The summed E-state index contributed by atoms with van der Waals surface area (Å²) in [5.41, 5.74) is 16.8. The molecule has 0 spiro atoms. The second-order valence-electron chi connectivity index (χ2n) is 16.5. The fourth-order valence-corrected chi connectivity index (χ4v) is 11.2. The molecule has 10 aromatic carbocycles. The molecule has 0 aliphatic carbocycles. The van der Waals surface area contributed by atoms with Gasteiger partial charge in [0.05, 0.1) is 22.1 Å². The number of fused-ring (bicyclic) bond motifs is 10. The fourth-order valence-electron chi connectivity index (χ4n) is 9.89. The molecule has 0 unspecified atom stereocenters. The van der Waals surface area contributed by atoms with Crippen LogP contribution in [0.1, 0.15) is 0 Å². The van der Waals surface area contributed by atoms with Crippen molar-refractivity contribution in [3.63, 3.8) is 0 Å². The summed E-state index contributed by atoms with van der Waals surface area (Å²) in [6, 6.07) is 84.4. The summed E-state index contributed by atoms with van der Waals surface area (Å²) >= 11 is 1.90. The molecule has 0 saturated carbocycles. The lowest BCUT2D eigenvalue weighted by atomic mass is 10.00. The Hall–Kier alpha value is -7.98. The molecule has 63 heavy (non-hydrogen) atoms. The molecule has 3 heterocycles. The summed E-state index contributed by atoms with van der Waals surface area (Å²) in [4.78, 5) is 0. The highest BCUT2D eigenvalue weighted by molar-refractivity contribution is 7.26. The molecule has 0 N–H and O–H groups in total. The summed E-state index contributed by atoms with van der Waals surface area (Å²) < 4.78 is 7.55. The maximum absolute atomic E-state index is 2.43. The third-order valence-electron chi connectivity index (χ3n) is 13.0. The van der Waals surface area contributed by atoms with Crippen LogP contribution in [0.25, 0.3) is 120 Å². The van der Waals surface area contributed by atoms with E-state index < -0.39 is 0 Å². The van der Waals surface area contributed by atoms with E-state index in [1.54, 1.807) is 0 Å². The van der Waals surface area contributed by atoms with Gasteiger partial charge >= 0.3 is 0 Å². The summed E-state index contributed by atoms with van der Waals surface area (Å²) in [6.45, 7) is 0. The molecule has 294 valence electrons. The van der Waals surface area contributed by atoms with Crippen LogP contribution >= 0.6 is 11.3 Å². The van der Waals surface area contributed by atoms with Crippen LogP contribution in [0.15, 0.2) is 231 Å². The average molecular weight is 819 g/mol. The van der Waals surface area contributed by atoms with Crippen LogP contribution in [-0.2, 0) is 0 Å². The zero-order chi connectivity index (χ0) is 41.4. The van der Waals surface area contributed by atoms with E-state index in [0.29, 0.717) is 0 Å². The van der Waals surface area contributed by atoms with Gasteiger partial charge in [-0.25, -0.2) is 0 Å². The molecule has 2 nitrogen and oxygen atoms in total. The SMILES string of the molecule is c1ccc(-c2ccc3c4ccc(-c5ccccc5)cc4n(-c4ccc(-c5ccc(-c6ccc(-n7c8ccccc8c8c9sc%10ccccc%10c9ccc87)cc6)cc5)cc4)c3c2)cc1. The molecule has 0 aliphatic rings. The molecule has 0 bridgehead atoms. The average Bonchev–Trinajstić information content (AvgIpc) is 4.02. The quantitative estimate of drug-likeness (QED) is 0.158. The lowest BCUT2D eigenvalue weighted by molar-refractivity contribution is 1.18. The van der Waals surface area contributed by atoms with Gasteiger partial charge in [0.2, 0.25) is 0 Å². The van der Waals surface area contributed by atoms with Gasteiger partial charge in [0.15, 0.2) is 0 Å². The molecule has 0 aliphatic heterocycles. The Balaban J connectivity index is 0.837. The Bertz CT molecular complexity index is 3760. The third-order valence-corrected chi connectivity index (χ3v) is 14.2. The molecule has 0 atom stereocenters. The zero-order valence-corrected chi connectivity index (χ0v) is 35.1. The van der Waals surface area contributed by atoms with Crippen LogP contribution in [0, 0.1) is 0 Å². The molecular formula is C60H38N2S. The molecule has 0 radical (unpaired) electrons. The Morgan fingerprint density at radius 3 is 1.22 bits per heavy atom. The number of thiophene rings is 1. The van der Waals surface area contributed by atoms with Crippen molar-refractivity contribution < 1.29 is 0 Å². The third kappa shape index (κ3) is 5.78. The van der Waals surface area contributed by atoms with Gasteiger partial charge in [0.1, 0.15) is 0 Å². The normalized spacial score (nSPS) is 11.8. The van der Waals surface area contributed by atoms with Crippen LogP contribution in [0.5, 0.6) is 0 Å². The number of rotatable bonds is 6. The number of benzene rings is 10. The highest BCUT2D eigenvalue weighted by Crippen LogP contribution is 2.44. The van der Waals surface area contributed by atoms with Crippen LogP contribution in [0.4, 0.5) is 0 Å². The van der Waals surface area contributed by atoms with E-state index in [1.807, 2.05) is 11.3 Å². The van der Waals surface area contributed by atoms with Crippen molar-refractivity contribution in [1.29, 1.82) is 0 Å². The first kappa shape index (κ1) is 35.7. The Morgan fingerprint density at radius 1 is 0.254 bits per heavy atom. The van der Waals surface area contributed by atoms with E-state index in [-0.39, 0.29) is 0 Å². The van der Waals surface area contributed by atoms with Gasteiger partial charge in [-0.3, -0.25) is 0 Å². The van der Waals surface area contributed by atoms with Crippen LogP contribution in [0.2, 0.25) is 0 Å². The maximum atomic E-state index is 2.43. The van der Waals surface area contributed by atoms with Crippen molar-refractivity contribution in [2.45, 2.75) is 0 Å². The van der Waals surface area contributed by atoms with Crippen LogP contribution in [0.3, 0.4) is 0 Å². The van der Waals surface area contributed by atoms with Crippen molar-refractivity contribution in [1.82, 2.24) is 9.13 Å². The van der Waals surface area contributed by atoms with Crippen LogP contribution < -0.4 is 0 Å². The fraction of sp³-hybridized carbons (Fsp3) is 0. The van der Waals surface area contributed by atoms with Crippen molar-refractivity contribution in [3.8, 4) is 55.9 Å².